The molecule has 4 fully saturated rings. The number of rotatable bonds is 9. The van der Waals surface area contributed by atoms with Crippen molar-refractivity contribution in [3.05, 3.63) is 29.7 Å². The number of anilines is 4. The van der Waals surface area contributed by atoms with E-state index in [0.29, 0.717) is 18.9 Å². The SMILES string of the molecule is COc1cc(C(=O)NC2CCC(N3CCN(CC4CCNCC4)CC3)CC2)c(F)cc1Nc1ncc2c(n1)N(C1CCCC1)CC(F)(F)C(=O)N2C. The molecule has 0 spiro atoms. The molecule has 2 aliphatic carbocycles. The van der Waals surface area contributed by atoms with E-state index in [1.807, 2.05) is 0 Å². The van der Waals surface area contributed by atoms with Crippen LogP contribution >= 0.6 is 0 Å². The van der Waals surface area contributed by atoms with Crippen molar-refractivity contribution in [2.75, 3.05) is 81.6 Å². The largest absolute Gasteiger partial charge is 0.495 e. The highest BCUT2D eigenvalue weighted by atomic mass is 19.3. The van der Waals surface area contributed by atoms with Gasteiger partial charge in [-0.2, -0.15) is 13.8 Å². The smallest absolute Gasteiger partial charge is 0.342 e. The van der Waals surface area contributed by atoms with Crippen LogP contribution in [0.3, 0.4) is 0 Å². The number of piperidine rings is 1. The number of ether oxygens (including phenoxy) is 1. The molecule has 5 aliphatic rings. The normalized spacial score (nSPS) is 25.1. The maximum Gasteiger partial charge on any atom is 0.342 e. The number of aromatic nitrogens is 2. The number of hydrogen-bond acceptors (Lipinski definition) is 10. The van der Waals surface area contributed by atoms with Gasteiger partial charge in [-0.3, -0.25) is 14.5 Å². The second kappa shape index (κ2) is 15.7. The van der Waals surface area contributed by atoms with Crippen LogP contribution in [0.4, 0.5) is 36.3 Å². The fourth-order valence-corrected chi connectivity index (χ4v) is 8.81. The molecular weight excluding hydrogens is 675 g/mol. The summed E-state index contributed by atoms with van der Waals surface area (Å²) in [6.07, 6.45) is 10.7. The lowest BCUT2D eigenvalue weighted by atomic mass is 9.89. The number of nitrogens with zero attached hydrogens (tertiary/aromatic N) is 6. The van der Waals surface area contributed by atoms with Gasteiger partial charge >= 0.3 is 5.92 Å². The summed E-state index contributed by atoms with van der Waals surface area (Å²) in [6.45, 7) is 7.08. The third-order valence-corrected chi connectivity index (χ3v) is 11.8. The van der Waals surface area contributed by atoms with Gasteiger partial charge in [-0.15, -0.1) is 0 Å². The molecule has 3 aliphatic heterocycles. The van der Waals surface area contributed by atoms with Crippen molar-refractivity contribution < 1.29 is 27.5 Å². The van der Waals surface area contributed by atoms with E-state index < -0.39 is 30.1 Å². The van der Waals surface area contributed by atoms with Crippen molar-refractivity contribution in [1.82, 2.24) is 30.4 Å². The summed E-state index contributed by atoms with van der Waals surface area (Å²) < 4.78 is 51.1. The zero-order chi connectivity index (χ0) is 36.4. The average Bonchev–Trinajstić information content (AvgIpc) is 3.67. The molecule has 284 valence electrons. The summed E-state index contributed by atoms with van der Waals surface area (Å²) in [4.78, 5) is 42.4. The van der Waals surface area contributed by atoms with Crippen molar-refractivity contribution in [3.8, 4) is 5.75 Å². The number of carbonyl (C=O) groups is 2. The number of fused-ring (bicyclic) bond motifs is 1. The van der Waals surface area contributed by atoms with Crippen LogP contribution in [0.15, 0.2) is 18.3 Å². The van der Waals surface area contributed by atoms with E-state index in [9.17, 15) is 18.4 Å². The van der Waals surface area contributed by atoms with Crippen LogP contribution in [0.2, 0.25) is 0 Å². The fraction of sp³-hybridized carbons (Fsp3) is 0.676. The van der Waals surface area contributed by atoms with Gasteiger partial charge in [-0.05, 0) is 76.4 Å². The van der Waals surface area contributed by atoms with Gasteiger partial charge in [-0.1, -0.05) is 12.8 Å². The molecule has 1 aromatic heterocycles. The van der Waals surface area contributed by atoms with E-state index in [-0.39, 0.29) is 46.5 Å². The maximum absolute atomic E-state index is 15.6. The molecule has 2 aromatic rings. The summed E-state index contributed by atoms with van der Waals surface area (Å²) in [5.74, 6) is -4.94. The van der Waals surface area contributed by atoms with Gasteiger partial charge in [0.1, 0.15) is 17.3 Å². The molecule has 7 rings (SSSR count). The average molecular weight is 728 g/mol. The van der Waals surface area contributed by atoms with Crippen molar-refractivity contribution in [2.45, 2.75) is 88.3 Å². The van der Waals surface area contributed by atoms with Crippen molar-refractivity contribution in [1.29, 1.82) is 0 Å². The second-order valence-electron chi connectivity index (χ2n) is 15.2. The molecular formula is C37H52F3N9O3. The van der Waals surface area contributed by atoms with Gasteiger partial charge < -0.3 is 35.4 Å². The number of nitrogens with one attached hydrogen (secondary N) is 3. The Hall–Kier alpha value is -3.69. The van der Waals surface area contributed by atoms with Gasteiger partial charge in [0.25, 0.3) is 11.8 Å². The van der Waals surface area contributed by atoms with E-state index in [0.717, 1.165) is 94.7 Å². The quantitative estimate of drug-likeness (QED) is 0.344. The molecule has 4 heterocycles. The third-order valence-electron chi connectivity index (χ3n) is 11.8. The zero-order valence-electron chi connectivity index (χ0n) is 30.3. The van der Waals surface area contributed by atoms with Crippen molar-refractivity contribution in [2.24, 2.45) is 5.92 Å². The van der Waals surface area contributed by atoms with E-state index >= 15 is 4.39 Å². The first kappa shape index (κ1) is 36.7. The van der Waals surface area contributed by atoms with Crippen molar-refractivity contribution in [3.63, 3.8) is 0 Å². The minimum Gasteiger partial charge on any atom is -0.495 e. The third kappa shape index (κ3) is 7.96. The topological polar surface area (TPSA) is 118 Å². The Labute approximate surface area is 303 Å². The molecule has 0 unspecified atom stereocenters. The van der Waals surface area contributed by atoms with Crippen LogP contribution in [-0.2, 0) is 4.79 Å². The van der Waals surface area contributed by atoms with E-state index in [1.165, 1.54) is 50.7 Å². The Bertz CT molecular complexity index is 1590. The first-order valence-corrected chi connectivity index (χ1v) is 19.0. The van der Waals surface area contributed by atoms with Crippen LogP contribution in [0, 0.1) is 11.7 Å². The lowest BCUT2D eigenvalue weighted by Crippen LogP contribution is -2.53. The van der Waals surface area contributed by atoms with Gasteiger partial charge in [0.15, 0.2) is 5.82 Å². The number of benzene rings is 1. The first-order chi connectivity index (χ1) is 25.1. The second-order valence-corrected chi connectivity index (χ2v) is 15.2. The van der Waals surface area contributed by atoms with Crippen LogP contribution < -0.4 is 30.5 Å². The number of carbonyl (C=O) groups excluding carboxylic acids is 2. The number of amides is 2. The van der Waals surface area contributed by atoms with Gasteiger partial charge in [0, 0.05) is 64.0 Å². The standard InChI is InChI=1S/C37H52F3N9O3/c1-46-31-21-42-36(45-33(31)49(27-5-3-4-6-27)23-37(39,40)35(46)51)44-30-20-29(38)28(19-32(30)52-2)34(50)43-25-7-9-26(10-8-25)48-17-15-47(16-18-48)22-24-11-13-41-14-12-24/h19-21,24-27,41H,3-18,22-23H2,1-2H3,(H,43,50)(H,42,44,45). The maximum atomic E-state index is 15.6. The minimum absolute atomic E-state index is 0.0164. The number of alkyl halides is 2. The van der Waals surface area contributed by atoms with Gasteiger partial charge in [0.2, 0.25) is 5.95 Å². The van der Waals surface area contributed by atoms with E-state index in [4.69, 9.17) is 4.74 Å². The van der Waals surface area contributed by atoms with Crippen LogP contribution in [0.1, 0.15) is 74.6 Å². The molecule has 52 heavy (non-hydrogen) atoms. The lowest BCUT2D eigenvalue weighted by molar-refractivity contribution is -0.140. The molecule has 12 nitrogen and oxygen atoms in total. The Morgan fingerprint density at radius 1 is 1.00 bits per heavy atom. The summed E-state index contributed by atoms with van der Waals surface area (Å²) in [6, 6.07) is 2.78. The fourth-order valence-electron chi connectivity index (χ4n) is 8.81. The van der Waals surface area contributed by atoms with Gasteiger partial charge in [-0.25, -0.2) is 9.37 Å². The van der Waals surface area contributed by atoms with Gasteiger partial charge in [0.05, 0.1) is 31.1 Å². The highest BCUT2D eigenvalue weighted by Gasteiger charge is 2.49. The molecule has 1 aromatic carbocycles. The monoisotopic (exact) mass is 727 g/mol. The Kier molecular flexibility index (Phi) is 11.1. The molecule has 2 saturated carbocycles. The highest BCUT2D eigenvalue weighted by molar-refractivity contribution is 6.02. The first-order valence-electron chi connectivity index (χ1n) is 19.0. The van der Waals surface area contributed by atoms with Crippen LogP contribution in [0.5, 0.6) is 5.75 Å². The summed E-state index contributed by atoms with van der Waals surface area (Å²) in [5, 5.41) is 9.46. The molecule has 0 radical (unpaired) electrons. The predicted molar refractivity (Wildman–Crippen MR) is 193 cm³/mol. The number of hydrogen-bond donors (Lipinski definition) is 3. The van der Waals surface area contributed by atoms with Crippen LogP contribution in [0.25, 0.3) is 0 Å². The molecule has 3 N–H and O–H groups in total. The molecule has 15 heteroatoms. The van der Waals surface area contributed by atoms with E-state index in [1.54, 1.807) is 0 Å². The minimum atomic E-state index is -3.60. The molecule has 2 amide bonds. The summed E-state index contributed by atoms with van der Waals surface area (Å²) >= 11 is 0. The van der Waals surface area contributed by atoms with Crippen molar-refractivity contribution >= 4 is 35.0 Å². The molecule has 2 saturated heterocycles. The highest BCUT2D eigenvalue weighted by Crippen LogP contribution is 2.40. The Morgan fingerprint density at radius 2 is 1.71 bits per heavy atom. The Morgan fingerprint density at radius 3 is 2.40 bits per heavy atom. The molecule has 0 atom stereocenters. The molecule has 0 bridgehead atoms. The van der Waals surface area contributed by atoms with E-state index in [2.05, 4.69) is 35.7 Å². The number of piperazine rings is 1. The van der Waals surface area contributed by atoms with Crippen LogP contribution in [-0.4, -0.2) is 122 Å². The number of methoxy groups -OCH3 is 1. The summed E-state index contributed by atoms with van der Waals surface area (Å²) in [7, 11) is 2.70. The summed E-state index contributed by atoms with van der Waals surface area (Å²) in [5.41, 5.74) is 0.208. The Balaban J connectivity index is 0.969. The lowest BCUT2D eigenvalue weighted by Gasteiger charge is -2.43. The number of halogens is 3. The zero-order valence-corrected chi connectivity index (χ0v) is 30.3. The predicted octanol–water partition coefficient (Wildman–Crippen LogP) is 4.39.